The lowest BCUT2D eigenvalue weighted by Gasteiger charge is -2.25. The van der Waals surface area contributed by atoms with Crippen molar-refractivity contribution in [1.82, 2.24) is 4.90 Å². The minimum Gasteiger partial charge on any atom is -0.493 e. The molecule has 0 aliphatic carbocycles. The molecular formula is C20H31NO3. The number of benzene rings is 1. The van der Waals surface area contributed by atoms with Gasteiger partial charge in [0.2, 0.25) is 0 Å². The van der Waals surface area contributed by atoms with Crippen molar-refractivity contribution in [3.8, 4) is 11.5 Å². The van der Waals surface area contributed by atoms with Crippen molar-refractivity contribution in [1.29, 1.82) is 0 Å². The summed E-state index contributed by atoms with van der Waals surface area (Å²) in [5, 5.41) is 0. The smallest absolute Gasteiger partial charge is 0.253 e. The highest BCUT2D eigenvalue weighted by molar-refractivity contribution is 5.95. The number of carbonyl (C=O) groups is 1. The Hall–Kier alpha value is -1.71. The van der Waals surface area contributed by atoms with Crippen molar-refractivity contribution in [3.05, 3.63) is 23.8 Å². The molecule has 0 bridgehead atoms. The van der Waals surface area contributed by atoms with E-state index in [1.165, 1.54) is 19.3 Å². The lowest BCUT2D eigenvalue weighted by molar-refractivity contribution is 0.0742. The molecule has 2 rings (SSSR count). The fourth-order valence-electron chi connectivity index (χ4n) is 2.96. The molecule has 0 spiro atoms. The first-order valence-electron chi connectivity index (χ1n) is 9.22. The van der Waals surface area contributed by atoms with Gasteiger partial charge in [-0.2, -0.15) is 0 Å². The van der Waals surface area contributed by atoms with Gasteiger partial charge in [0.1, 0.15) is 0 Å². The second-order valence-corrected chi connectivity index (χ2v) is 6.96. The minimum absolute atomic E-state index is 0.101. The molecule has 134 valence electrons. The number of carbonyl (C=O) groups excluding carboxylic acids is 1. The van der Waals surface area contributed by atoms with E-state index in [-0.39, 0.29) is 5.91 Å². The third kappa shape index (κ3) is 5.43. The molecule has 1 aromatic rings. The van der Waals surface area contributed by atoms with Gasteiger partial charge in [-0.15, -0.1) is 0 Å². The van der Waals surface area contributed by atoms with Crippen LogP contribution >= 0.6 is 0 Å². The number of likely N-dealkylation sites (tertiary alicyclic amines) is 1. The van der Waals surface area contributed by atoms with E-state index in [9.17, 15) is 4.79 Å². The monoisotopic (exact) mass is 333 g/mol. The van der Waals surface area contributed by atoms with Crippen LogP contribution in [0.15, 0.2) is 18.2 Å². The maximum Gasteiger partial charge on any atom is 0.253 e. The SMILES string of the molecule is COc1cc(C(=O)N2CCCCCCC2)ccc1OCCC(C)C. The predicted molar refractivity (Wildman–Crippen MR) is 96.9 cm³/mol. The van der Waals surface area contributed by atoms with Crippen LogP contribution in [0.2, 0.25) is 0 Å². The average Bonchev–Trinajstić information content (AvgIpc) is 2.54. The van der Waals surface area contributed by atoms with Crippen LogP contribution in [0, 0.1) is 5.92 Å². The van der Waals surface area contributed by atoms with Gasteiger partial charge in [0, 0.05) is 18.7 Å². The Morgan fingerprint density at radius 2 is 1.75 bits per heavy atom. The Labute approximate surface area is 146 Å². The van der Waals surface area contributed by atoms with Crippen molar-refractivity contribution < 1.29 is 14.3 Å². The highest BCUT2D eigenvalue weighted by Crippen LogP contribution is 2.29. The Balaban J connectivity index is 2.05. The Kier molecular flexibility index (Phi) is 7.41. The molecule has 0 aromatic heterocycles. The van der Waals surface area contributed by atoms with E-state index < -0.39 is 0 Å². The van der Waals surface area contributed by atoms with Crippen LogP contribution in [0.4, 0.5) is 0 Å². The average molecular weight is 333 g/mol. The van der Waals surface area contributed by atoms with E-state index in [1.807, 2.05) is 23.1 Å². The van der Waals surface area contributed by atoms with Gasteiger partial charge in [0.25, 0.3) is 5.91 Å². The molecule has 24 heavy (non-hydrogen) atoms. The Morgan fingerprint density at radius 1 is 1.08 bits per heavy atom. The van der Waals surface area contributed by atoms with Crippen molar-refractivity contribution in [2.45, 2.75) is 52.4 Å². The first-order chi connectivity index (χ1) is 11.6. The summed E-state index contributed by atoms with van der Waals surface area (Å²) in [5.41, 5.74) is 0.684. The van der Waals surface area contributed by atoms with Gasteiger partial charge in [-0.1, -0.05) is 33.1 Å². The summed E-state index contributed by atoms with van der Waals surface area (Å²) in [5.74, 6) is 2.05. The zero-order chi connectivity index (χ0) is 17.4. The molecule has 1 aliphatic heterocycles. The van der Waals surface area contributed by atoms with E-state index in [2.05, 4.69) is 13.8 Å². The quantitative estimate of drug-likeness (QED) is 0.768. The zero-order valence-electron chi connectivity index (χ0n) is 15.3. The van der Waals surface area contributed by atoms with Crippen molar-refractivity contribution in [2.24, 2.45) is 5.92 Å². The van der Waals surface area contributed by atoms with Gasteiger partial charge in [-0.25, -0.2) is 0 Å². The van der Waals surface area contributed by atoms with Crippen LogP contribution in [0.5, 0.6) is 11.5 Å². The number of amides is 1. The van der Waals surface area contributed by atoms with Crippen LogP contribution in [0.3, 0.4) is 0 Å². The highest BCUT2D eigenvalue weighted by Gasteiger charge is 2.18. The molecule has 4 heteroatoms. The molecule has 1 heterocycles. The Bertz CT molecular complexity index is 520. The van der Waals surface area contributed by atoms with Gasteiger partial charge >= 0.3 is 0 Å². The molecule has 1 saturated heterocycles. The van der Waals surface area contributed by atoms with Crippen molar-refractivity contribution >= 4 is 5.91 Å². The normalized spacial score (nSPS) is 15.8. The number of ether oxygens (including phenoxy) is 2. The molecule has 0 saturated carbocycles. The van der Waals surface area contributed by atoms with Crippen molar-refractivity contribution in [3.63, 3.8) is 0 Å². The maximum atomic E-state index is 12.8. The minimum atomic E-state index is 0.101. The van der Waals surface area contributed by atoms with Crippen LogP contribution in [0.1, 0.15) is 62.7 Å². The van der Waals surface area contributed by atoms with E-state index in [0.29, 0.717) is 29.6 Å². The van der Waals surface area contributed by atoms with E-state index in [1.54, 1.807) is 7.11 Å². The topological polar surface area (TPSA) is 38.8 Å². The van der Waals surface area contributed by atoms with E-state index >= 15 is 0 Å². The fourth-order valence-corrected chi connectivity index (χ4v) is 2.96. The van der Waals surface area contributed by atoms with E-state index in [0.717, 1.165) is 32.4 Å². The first kappa shape index (κ1) is 18.6. The number of rotatable bonds is 6. The summed E-state index contributed by atoms with van der Waals surface area (Å²) in [6, 6.07) is 5.52. The third-order valence-corrected chi connectivity index (χ3v) is 4.51. The Morgan fingerprint density at radius 3 is 2.38 bits per heavy atom. The molecule has 0 unspecified atom stereocenters. The molecular weight excluding hydrogens is 302 g/mol. The number of hydrogen-bond donors (Lipinski definition) is 0. The van der Waals surface area contributed by atoms with Gasteiger partial charge in [0.15, 0.2) is 11.5 Å². The zero-order valence-corrected chi connectivity index (χ0v) is 15.3. The van der Waals surface area contributed by atoms with Crippen LogP contribution < -0.4 is 9.47 Å². The second kappa shape index (κ2) is 9.55. The highest BCUT2D eigenvalue weighted by atomic mass is 16.5. The first-order valence-corrected chi connectivity index (χ1v) is 9.22. The van der Waals surface area contributed by atoms with Gasteiger partial charge in [-0.3, -0.25) is 4.79 Å². The van der Waals surface area contributed by atoms with E-state index in [4.69, 9.17) is 9.47 Å². The molecule has 1 fully saturated rings. The summed E-state index contributed by atoms with van der Waals surface area (Å²) < 4.78 is 11.2. The van der Waals surface area contributed by atoms with Gasteiger partial charge in [0.05, 0.1) is 13.7 Å². The molecule has 1 aromatic carbocycles. The molecule has 0 radical (unpaired) electrons. The number of methoxy groups -OCH3 is 1. The maximum absolute atomic E-state index is 12.8. The van der Waals surface area contributed by atoms with Gasteiger partial charge in [-0.05, 0) is 43.4 Å². The standard InChI is InChI=1S/C20H31NO3/c1-16(2)11-14-24-18-10-9-17(15-19(18)23-3)20(22)21-12-7-5-4-6-8-13-21/h9-10,15-16H,4-8,11-14H2,1-3H3. The summed E-state index contributed by atoms with van der Waals surface area (Å²) in [6.07, 6.45) is 6.92. The molecule has 1 amide bonds. The van der Waals surface area contributed by atoms with Crippen molar-refractivity contribution in [2.75, 3.05) is 26.8 Å². The summed E-state index contributed by atoms with van der Waals surface area (Å²) in [4.78, 5) is 14.8. The summed E-state index contributed by atoms with van der Waals surface area (Å²) in [6.45, 7) is 6.71. The predicted octanol–water partition coefficient (Wildman–Crippen LogP) is 4.53. The van der Waals surface area contributed by atoms with Crippen LogP contribution in [-0.2, 0) is 0 Å². The summed E-state index contributed by atoms with van der Waals surface area (Å²) >= 11 is 0. The molecule has 1 aliphatic rings. The number of nitrogens with zero attached hydrogens (tertiary/aromatic N) is 1. The molecule has 0 atom stereocenters. The summed E-state index contributed by atoms with van der Waals surface area (Å²) in [7, 11) is 1.62. The fraction of sp³-hybridized carbons (Fsp3) is 0.650. The second-order valence-electron chi connectivity index (χ2n) is 6.96. The van der Waals surface area contributed by atoms with Crippen LogP contribution in [-0.4, -0.2) is 37.6 Å². The third-order valence-electron chi connectivity index (χ3n) is 4.51. The number of hydrogen-bond acceptors (Lipinski definition) is 3. The van der Waals surface area contributed by atoms with Crippen LogP contribution in [0.25, 0.3) is 0 Å². The lowest BCUT2D eigenvalue weighted by atomic mass is 10.1. The largest absolute Gasteiger partial charge is 0.493 e. The lowest BCUT2D eigenvalue weighted by Crippen LogP contribution is -2.33. The molecule has 0 N–H and O–H groups in total. The van der Waals surface area contributed by atoms with Gasteiger partial charge < -0.3 is 14.4 Å². The molecule has 4 nitrogen and oxygen atoms in total.